The van der Waals surface area contributed by atoms with E-state index >= 15 is 0 Å². The molecule has 2 aliphatic rings. The van der Waals surface area contributed by atoms with Crippen molar-refractivity contribution in [3.8, 4) is 0 Å². The molecule has 2 unspecified atom stereocenters. The van der Waals surface area contributed by atoms with Crippen LogP contribution >= 0.6 is 11.8 Å². The number of hydrogen-bond acceptors (Lipinski definition) is 4. The van der Waals surface area contributed by atoms with Crippen molar-refractivity contribution < 1.29 is 9.53 Å². The van der Waals surface area contributed by atoms with E-state index in [1.54, 1.807) is 19.2 Å². The van der Waals surface area contributed by atoms with E-state index in [1.807, 2.05) is 6.07 Å². The van der Waals surface area contributed by atoms with Crippen molar-refractivity contribution in [3.63, 3.8) is 0 Å². The summed E-state index contributed by atoms with van der Waals surface area (Å²) in [6, 6.07) is 3.73. The SMILES string of the molecule is CCOC(=O)c1ccc(CC2=CC3C(C=C2)SCCC3(C)C)nc1. The highest BCUT2D eigenvalue weighted by Gasteiger charge is 2.38. The zero-order valence-electron chi connectivity index (χ0n) is 14.6. The molecular formula is C20H25NO2S. The Balaban J connectivity index is 1.71. The number of thioether (sulfide) groups is 1. The van der Waals surface area contributed by atoms with Gasteiger partial charge in [0.05, 0.1) is 12.2 Å². The molecule has 128 valence electrons. The lowest BCUT2D eigenvalue weighted by atomic mass is 9.72. The second-order valence-electron chi connectivity index (χ2n) is 7.14. The number of carbonyl (C=O) groups excluding carboxylic acids is 1. The summed E-state index contributed by atoms with van der Waals surface area (Å²) in [6.07, 6.45) is 10.7. The van der Waals surface area contributed by atoms with E-state index in [1.165, 1.54) is 17.7 Å². The van der Waals surface area contributed by atoms with Crippen LogP contribution in [0.3, 0.4) is 0 Å². The first kappa shape index (κ1) is 17.3. The molecule has 1 aliphatic carbocycles. The fourth-order valence-corrected chi connectivity index (χ4v) is 5.12. The van der Waals surface area contributed by atoms with Crippen molar-refractivity contribution in [3.05, 3.63) is 53.4 Å². The second-order valence-corrected chi connectivity index (χ2v) is 8.42. The topological polar surface area (TPSA) is 39.2 Å². The first-order chi connectivity index (χ1) is 11.5. The fraction of sp³-hybridized carbons (Fsp3) is 0.500. The molecule has 0 N–H and O–H groups in total. The fourth-order valence-electron chi connectivity index (χ4n) is 3.36. The van der Waals surface area contributed by atoms with Crippen molar-refractivity contribution in [1.29, 1.82) is 0 Å². The Hall–Kier alpha value is -1.55. The second kappa shape index (κ2) is 7.14. The molecule has 1 fully saturated rings. The van der Waals surface area contributed by atoms with E-state index < -0.39 is 0 Å². The molecule has 3 nitrogen and oxygen atoms in total. The smallest absolute Gasteiger partial charge is 0.339 e. The molecule has 1 aliphatic heterocycles. The summed E-state index contributed by atoms with van der Waals surface area (Å²) in [6.45, 7) is 6.95. The van der Waals surface area contributed by atoms with Crippen molar-refractivity contribution in [1.82, 2.24) is 4.98 Å². The summed E-state index contributed by atoms with van der Waals surface area (Å²) >= 11 is 2.07. The lowest BCUT2D eigenvalue weighted by Gasteiger charge is -2.43. The maximum Gasteiger partial charge on any atom is 0.339 e. The van der Waals surface area contributed by atoms with Gasteiger partial charge in [-0.05, 0) is 48.1 Å². The molecule has 0 bridgehead atoms. The molecule has 2 atom stereocenters. The van der Waals surface area contributed by atoms with Gasteiger partial charge >= 0.3 is 5.97 Å². The van der Waals surface area contributed by atoms with Gasteiger partial charge in [0, 0.05) is 23.6 Å². The molecule has 0 spiro atoms. The maximum absolute atomic E-state index is 11.7. The molecule has 3 rings (SSSR count). The number of pyridine rings is 1. The zero-order chi connectivity index (χ0) is 17.2. The van der Waals surface area contributed by atoms with Gasteiger partial charge in [-0.2, -0.15) is 11.8 Å². The van der Waals surface area contributed by atoms with Gasteiger partial charge in [-0.15, -0.1) is 0 Å². The highest BCUT2D eigenvalue weighted by Crippen LogP contribution is 2.47. The van der Waals surface area contributed by atoms with Gasteiger partial charge in [0.2, 0.25) is 0 Å². The molecule has 1 aromatic rings. The number of esters is 1. The number of carbonyl (C=O) groups is 1. The van der Waals surface area contributed by atoms with Crippen LogP contribution in [0.1, 0.15) is 43.2 Å². The molecule has 4 heteroatoms. The first-order valence-electron chi connectivity index (χ1n) is 8.62. The predicted octanol–water partition coefficient (Wildman–Crippen LogP) is 4.44. The van der Waals surface area contributed by atoms with Gasteiger partial charge in [-0.1, -0.05) is 32.1 Å². The summed E-state index contributed by atoms with van der Waals surface area (Å²) in [5, 5.41) is 0.608. The highest BCUT2D eigenvalue weighted by molar-refractivity contribution is 8.00. The molecule has 0 saturated carbocycles. The molecular weight excluding hydrogens is 318 g/mol. The minimum Gasteiger partial charge on any atom is -0.462 e. The summed E-state index contributed by atoms with van der Waals surface area (Å²) in [5.74, 6) is 1.53. The maximum atomic E-state index is 11.7. The van der Waals surface area contributed by atoms with Crippen LogP contribution in [0.25, 0.3) is 0 Å². The molecule has 24 heavy (non-hydrogen) atoms. The molecule has 2 heterocycles. The number of hydrogen-bond donors (Lipinski definition) is 0. The Labute approximate surface area is 148 Å². The number of allylic oxidation sites excluding steroid dienone is 3. The summed E-state index contributed by atoms with van der Waals surface area (Å²) in [7, 11) is 0. The molecule has 0 amide bonds. The number of ether oxygens (including phenoxy) is 1. The van der Waals surface area contributed by atoms with E-state index in [2.05, 4.69) is 48.8 Å². The minimum absolute atomic E-state index is 0.308. The molecule has 0 aromatic carbocycles. The van der Waals surface area contributed by atoms with Gasteiger partial charge < -0.3 is 4.74 Å². The van der Waals surface area contributed by atoms with Crippen molar-refractivity contribution in [2.24, 2.45) is 11.3 Å². The molecule has 1 saturated heterocycles. The van der Waals surface area contributed by atoms with Crippen LogP contribution in [-0.2, 0) is 11.2 Å². The van der Waals surface area contributed by atoms with Gasteiger partial charge in [-0.3, -0.25) is 4.98 Å². The standard InChI is InChI=1S/C20H25NO2S/c1-4-23-19(22)15-6-7-16(21-13-15)11-14-5-8-18-17(12-14)20(2,3)9-10-24-18/h5-8,12-13,17-18H,4,9-11H2,1-3H3. The lowest BCUT2D eigenvalue weighted by Crippen LogP contribution is -2.36. The van der Waals surface area contributed by atoms with E-state index in [0.717, 1.165) is 12.1 Å². The van der Waals surface area contributed by atoms with Crippen LogP contribution in [0.4, 0.5) is 0 Å². The summed E-state index contributed by atoms with van der Waals surface area (Å²) in [4.78, 5) is 16.1. The summed E-state index contributed by atoms with van der Waals surface area (Å²) < 4.78 is 5.00. The zero-order valence-corrected chi connectivity index (χ0v) is 15.4. The summed E-state index contributed by atoms with van der Waals surface area (Å²) in [5.41, 5.74) is 3.17. The van der Waals surface area contributed by atoms with Crippen LogP contribution < -0.4 is 0 Å². The minimum atomic E-state index is -0.308. The molecule has 1 aromatic heterocycles. The van der Waals surface area contributed by atoms with E-state index in [0.29, 0.717) is 28.8 Å². The van der Waals surface area contributed by atoms with Crippen molar-refractivity contribution >= 4 is 17.7 Å². The lowest BCUT2D eigenvalue weighted by molar-refractivity contribution is 0.0526. The third-order valence-corrected chi connectivity index (χ3v) is 6.20. The number of fused-ring (bicyclic) bond motifs is 1. The number of rotatable bonds is 4. The van der Waals surface area contributed by atoms with Crippen LogP contribution in [0.15, 0.2) is 42.1 Å². The monoisotopic (exact) mass is 343 g/mol. The third-order valence-electron chi connectivity index (χ3n) is 4.93. The number of nitrogens with zero attached hydrogens (tertiary/aromatic N) is 1. The largest absolute Gasteiger partial charge is 0.462 e. The Kier molecular flexibility index (Phi) is 5.14. The van der Waals surface area contributed by atoms with Crippen LogP contribution in [-0.4, -0.2) is 28.6 Å². The molecule has 0 radical (unpaired) electrons. The van der Waals surface area contributed by atoms with Gasteiger partial charge in [0.15, 0.2) is 0 Å². The Morgan fingerprint density at radius 1 is 1.42 bits per heavy atom. The van der Waals surface area contributed by atoms with E-state index in [9.17, 15) is 4.79 Å². The van der Waals surface area contributed by atoms with Gasteiger partial charge in [-0.25, -0.2) is 4.79 Å². The average molecular weight is 343 g/mol. The van der Waals surface area contributed by atoms with Crippen molar-refractivity contribution in [2.45, 2.75) is 38.9 Å². The van der Waals surface area contributed by atoms with Gasteiger partial charge in [0.25, 0.3) is 0 Å². The third kappa shape index (κ3) is 3.75. The average Bonchev–Trinajstić information content (AvgIpc) is 2.56. The van der Waals surface area contributed by atoms with E-state index in [-0.39, 0.29) is 5.97 Å². The van der Waals surface area contributed by atoms with Gasteiger partial charge in [0.1, 0.15) is 0 Å². The van der Waals surface area contributed by atoms with Crippen LogP contribution in [0.5, 0.6) is 0 Å². The normalized spacial score (nSPS) is 24.9. The predicted molar refractivity (Wildman–Crippen MR) is 99.3 cm³/mol. The van der Waals surface area contributed by atoms with Crippen LogP contribution in [0.2, 0.25) is 0 Å². The number of aromatic nitrogens is 1. The Morgan fingerprint density at radius 2 is 2.25 bits per heavy atom. The highest BCUT2D eigenvalue weighted by atomic mass is 32.2. The van der Waals surface area contributed by atoms with E-state index in [4.69, 9.17) is 4.74 Å². The quantitative estimate of drug-likeness (QED) is 0.758. The van der Waals surface area contributed by atoms with Crippen molar-refractivity contribution in [2.75, 3.05) is 12.4 Å². The Morgan fingerprint density at radius 3 is 2.96 bits per heavy atom. The Bertz CT molecular complexity index is 661. The van der Waals surface area contributed by atoms with Crippen LogP contribution in [0, 0.1) is 11.3 Å². The first-order valence-corrected chi connectivity index (χ1v) is 9.67.